The monoisotopic (exact) mass is 329 g/mol. The smallest absolute Gasteiger partial charge is 0.276 e. The summed E-state index contributed by atoms with van der Waals surface area (Å²) < 4.78 is 2.89. The molecule has 3 nitrogen and oxygen atoms in total. The quantitative estimate of drug-likeness (QED) is 0.694. The first-order chi connectivity index (χ1) is 9.65. The molecule has 0 aliphatic carbocycles. The SMILES string of the molecule is NC1=[N+](CC(=O)c2ccc(Br)cc2)Cc2ccccc21. The van der Waals surface area contributed by atoms with Crippen LogP contribution in [0.25, 0.3) is 0 Å². The molecule has 0 saturated carbocycles. The summed E-state index contributed by atoms with van der Waals surface area (Å²) in [5, 5.41) is 0. The Morgan fingerprint density at radius 3 is 2.55 bits per heavy atom. The number of fused-ring (bicyclic) bond motifs is 1. The van der Waals surface area contributed by atoms with E-state index in [0.29, 0.717) is 24.5 Å². The number of Topliss-reactive ketones (excluding diaryl/α,β-unsaturated/α-hetero) is 1. The second-order valence-corrected chi connectivity index (χ2v) is 5.74. The lowest BCUT2D eigenvalue weighted by Crippen LogP contribution is -2.28. The molecule has 2 aromatic carbocycles. The lowest BCUT2D eigenvalue weighted by Gasteiger charge is -2.03. The van der Waals surface area contributed by atoms with E-state index in [1.807, 2.05) is 53.1 Å². The van der Waals surface area contributed by atoms with Crippen molar-refractivity contribution < 1.29 is 9.37 Å². The number of carbonyl (C=O) groups excluding carboxylic acids is 1. The zero-order valence-electron chi connectivity index (χ0n) is 10.8. The fourth-order valence-electron chi connectivity index (χ4n) is 2.41. The molecule has 0 bridgehead atoms. The largest absolute Gasteiger partial charge is 0.290 e. The summed E-state index contributed by atoms with van der Waals surface area (Å²) in [5.41, 5.74) is 9.04. The van der Waals surface area contributed by atoms with Crippen LogP contribution < -0.4 is 5.73 Å². The third-order valence-electron chi connectivity index (χ3n) is 3.50. The Kier molecular flexibility index (Phi) is 3.40. The number of ketones is 1. The van der Waals surface area contributed by atoms with Crippen LogP contribution in [0, 0.1) is 0 Å². The number of amidine groups is 1. The van der Waals surface area contributed by atoms with Gasteiger partial charge in [0.15, 0.2) is 0 Å². The third kappa shape index (κ3) is 2.39. The van der Waals surface area contributed by atoms with E-state index >= 15 is 0 Å². The Morgan fingerprint density at radius 1 is 1.15 bits per heavy atom. The van der Waals surface area contributed by atoms with Crippen LogP contribution in [0.5, 0.6) is 0 Å². The first kappa shape index (κ1) is 13.1. The number of halogens is 1. The van der Waals surface area contributed by atoms with Crippen molar-refractivity contribution in [3.05, 3.63) is 69.7 Å². The summed E-state index contributed by atoms with van der Waals surface area (Å²) in [6.07, 6.45) is 0. The average molecular weight is 330 g/mol. The molecule has 0 amide bonds. The van der Waals surface area contributed by atoms with E-state index in [0.717, 1.165) is 10.0 Å². The lowest BCUT2D eigenvalue weighted by molar-refractivity contribution is -0.526. The predicted molar refractivity (Wildman–Crippen MR) is 82.0 cm³/mol. The summed E-state index contributed by atoms with van der Waals surface area (Å²) in [4.78, 5) is 12.3. The molecule has 0 unspecified atom stereocenters. The summed E-state index contributed by atoms with van der Waals surface area (Å²) in [6, 6.07) is 15.4. The molecule has 1 aliphatic rings. The van der Waals surface area contributed by atoms with Crippen molar-refractivity contribution in [2.24, 2.45) is 5.73 Å². The zero-order valence-corrected chi connectivity index (χ0v) is 12.4. The van der Waals surface area contributed by atoms with Crippen molar-refractivity contribution >= 4 is 27.5 Å². The fourth-order valence-corrected chi connectivity index (χ4v) is 2.68. The normalized spacial score (nSPS) is 13.4. The van der Waals surface area contributed by atoms with Crippen molar-refractivity contribution in [3.63, 3.8) is 0 Å². The Hall–Kier alpha value is -1.94. The molecule has 2 aromatic rings. The zero-order chi connectivity index (χ0) is 14.1. The van der Waals surface area contributed by atoms with E-state index < -0.39 is 0 Å². The van der Waals surface area contributed by atoms with Gasteiger partial charge in [-0.25, -0.2) is 4.58 Å². The summed E-state index contributed by atoms with van der Waals surface area (Å²) in [5.74, 6) is 0.763. The van der Waals surface area contributed by atoms with Gasteiger partial charge < -0.3 is 0 Å². The molecule has 20 heavy (non-hydrogen) atoms. The van der Waals surface area contributed by atoms with Crippen LogP contribution in [-0.4, -0.2) is 22.7 Å². The van der Waals surface area contributed by atoms with Crippen molar-refractivity contribution in [3.8, 4) is 0 Å². The predicted octanol–water partition coefficient (Wildman–Crippen LogP) is 2.56. The molecule has 100 valence electrons. The van der Waals surface area contributed by atoms with Crippen LogP contribution in [0.15, 0.2) is 53.0 Å². The average Bonchev–Trinajstić information content (AvgIpc) is 2.77. The number of rotatable bonds is 3. The molecule has 1 aliphatic heterocycles. The summed E-state index contributed by atoms with van der Waals surface area (Å²) in [7, 11) is 0. The van der Waals surface area contributed by atoms with Crippen LogP contribution in [0.4, 0.5) is 0 Å². The van der Waals surface area contributed by atoms with E-state index in [9.17, 15) is 4.79 Å². The Morgan fingerprint density at radius 2 is 1.85 bits per heavy atom. The maximum Gasteiger partial charge on any atom is 0.276 e. The van der Waals surface area contributed by atoms with Gasteiger partial charge in [0.2, 0.25) is 5.78 Å². The second-order valence-electron chi connectivity index (χ2n) is 4.83. The van der Waals surface area contributed by atoms with E-state index in [-0.39, 0.29) is 5.78 Å². The summed E-state index contributed by atoms with van der Waals surface area (Å²) >= 11 is 3.37. The van der Waals surface area contributed by atoms with Gasteiger partial charge in [0.05, 0.1) is 5.56 Å². The van der Waals surface area contributed by atoms with Gasteiger partial charge in [-0.05, 0) is 18.2 Å². The molecular formula is C16H14BrN2O+. The van der Waals surface area contributed by atoms with Gasteiger partial charge in [-0.15, -0.1) is 0 Å². The number of carbonyl (C=O) groups is 1. The van der Waals surface area contributed by atoms with Crippen molar-refractivity contribution in [1.82, 2.24) is 0 Å². The minimum absolute atomic E-state index is 0.0771. The number of benzene rings is 2. The van der Waals surface area contributed by atoms with Gasteiger partial charge in [0, 0.05) is 15.6 Å². The summed E-state index contributed by atoms with van der Waals surface area (Å²) in [6.45, 7) is 1.01. The highest BCUT2D eigenvalue weighted by molar-refractivity contribution is 9.10. The van der Waals surface area contributed by atoms with Crippen molar-refractivity contribution in [1.29, 1.82) is 0 Å². The standard InChI is InChI=1S/C16H13BrN2O/c17-13-7-5-11(6-8-13)15(20)10-19-9-12-3-1-2-4-14(12)16(19)18/h1-8,18H,9-10H2/p+1. The van der Waals surface area contributed by atoms with Gasteiger partial charge >= 0.3 is 0 Å². The molecule has 1 heterocycles. The highest BCUT2D eigenvalue weighted by Gasteiger charge is 2.25. The van der Waals surface area contributed by atoms with Crippen molar-refractivity contribution in [2.75, 3.05) is 6.54 Å². The highest BCUT2D eigenvalue weighted by Crippen LogP contribution is 2.17. The van der Waals surface area contributed by atoms with Crippen LogP contribution in [-0.2, 0) is 6.54 Å². The number of nitrogens with zero attached hydrogens (tertiary/aromatic N) is 1. The molecule has 0 radical (unpaired) electrons. The minimum atomic E-state index is 0.0771. The Balaban J connectivity index is 1.81. The first-order valence-corrected chi connectivity index (χ1v) is 7.19. The lowest BCUT2D eigenvalue weighted by atomic mass is 10.1. The molecule has 0 atom stereocenters. The molecule has 4 heteroatoms. The Bertz CT molecular complexity index is 705. The maximum absolute atomic E-state index is 12.3. The molecule has 2 N–H and O–H groups in total. The molecule has 0 fully saturated rings. The van der Waals surface area contributed by atoms with E-state index in [1.54, 1.807) is 0 Å². The number of nitrogens with two attached hydrogens (primary N) is 1. The van der Waals surface area contributed by atoms with Gasteiger partial charge in [0.25, 0.3) is 5.84 Å². The molecular weight excluding hydrogens is 316 g/mol. The van der Waals surface area contributed by atoms with Gasteiger partial charge in [-0.2, -0.15) is 0 Å². The molecule has 0 saturated heterocycles. The van der Waals surface area contributed by atoms with Crippen molar-refractivity contribution in [2.45, 2.75) is 6.54 Å². The van der Waals surface area contributed by atoms with Gasteiger partial charge in [-0.3, -0.25) is 10.5 Å². The van der Waals surface area contributed by atoms with Crippen LogP contribution >= 0.6 is 15.9 Å². The fraction of sp³-hybridized carbons (Fsp3) is 0.125. The van der Waals surface area contributed by atoms with Crippen LogP contribution in [0.1, 0.15) is 21.5 Å². The molecule has 0 spiro atoms. The highest BCUT2D eigenvalue weighted by atomic mass is 79.9. The topological polar surface area (TPSA) is 46.1 Å². The first-order valence-electron chi connectivity index (χ1n) is 6.39. The van der Waals surface area contributed by atoms with E-state index in [4.69, 9.17) is 5.73 Å². The Labute approximate surface area is 125 Å². The third-order valence-corrected chi connectivity index (χ3v) is 4.02. The van der Waals surface area contributed by atoms with E-state index in [2.05, 4.69) is 15.9 Å². The molecule has 3 rings (SSSR count). The number of hydrogen-bond donors (Lipinski definition) is 1. The molecule has 0 aromatic heterocycles. The maximum atomic E-state index is 12.3. The van der Waals surface area contributed by atoms with Crippen LogP contribution in [0.3, 0.4) is 0 Å². The van der Waals surface area contributed by atoms with Gasteiger partial charge in [-0.1, -0.05) is 46.3 Å². The number of hydrogen-bond acceptors (Lipinski definition) is 2. The minimum Gasteiger partial charge on any atom is -0.290 e. The van der Waals surface area contributed by atoms with Gasteiger partial charge in [0.1, 0.15) is 13.1 Å². The van der Waals surface area contributed by atoms with E-state index in [1.165, 1.54) is 5.56 Å². The second kappa shape index (κ2) is 5.21. The van der Waals surface area contributed by atoms with Crippen LogP contribution in [0.2, 0.25) is 0 Å².